The molecule has 0 aliphatic rings. The van der Waals surface area contributed by atoms with Gasteiger partial charge in [-0.2, -0.15) is 9.50 Å². The molecule has 0 spiro atoms. The fraction of sp³-hybridized carbons (Fsp3) is 0.190. The average Bonchev–Trinajstić information content (AvgIpc) is 3.16. The van der Waals surface area contributed by atoms with Crippen LogP contribution in [-0.2, 0) is 5.41 Å². The molecule has 0 radical (unpaired) electrons. The average molecular weight is 379 g/mol. The minimum absolute atomic E-state index is 0.0696. The number of fused-ring (bicyclic) bond motifs is 1. The standard InChI is InChI=1S/C21H18FN3OS/c1-21(2,3)15-10-8-13(9-11-15)18-23-20-25(24-18)19(26)17(27-20)12-14-6-4-5-7-16(14)22/h4-12H,1-3H3. The molecule has 0 saturated carbocycles. The Morgan fingerprint density at radius 2 is 1.78 bits per heavy atom. The maximum absolute atomic E-state index is 13.8. The highest BCUT2D eigenvalue weighted by Crippen LogP contribution is 2.25. The van der Waals surface area contributed by atoms with Crippen molar-refractivity contribution < 1.29 is 4.39 Å². The number of thiazole rings is 1. The third-order valence-corrected chi connectivity index (χ3v) is 5.34. The first-order valence-electron chi connectivity index (χ1n) is 8.60. The zero-order chi connectivity index (χ0) is 19.2. The van der Waals surface area contributed by atoms with Gasteiger partial charge in [-0.3, -0.25) is 4.79 Å². The Morgan fingerprint density at radius 1 is 1.07 bits per heavy atom. The fourth-order valence-corrected chi connectivity index (χ4v) is 3.71. The Morgan fingerprint density at radius 3 is 2.41 bits per heavy atom. The summed E-state index contributed by atoms with van der Waals surface area (Å²) >= 11 is 1.20. The molecule has 0 aliphatic carbocycles. The SMILES string of the molecule is CC(C)(C)c1ccc(-c2nc3sc(=Cc4ccccc4F)c(=O)n3n2)cc1. The lowest BCUT2D eigenvalue weighted by Gasteiger charge is -2.18. The number of rotatable bonds is 2. The highest BCUT2D eigenvalue weighted by molar-refractivity contribution is 7.15. The quantitative estimate of drug-likeness (QED) is 0.532. The lowest BCUT2D eigenvalue weighted by molar-refractivity contribution is 0.590. The van der Waals surface area contributed by atoms with Crippen LogP contribution in [0, 0.1) is 5.82 Å². The van der Waals surface area contributed by atoms with Gasteiger partial charge in [0.05, 0.1) is 4.53 Å². The smallest absolute Gasteiger partial charge is 0.266 e. The van der Waals surface area contributed by atoms with Gasteiger partial charge >= 0.3 is 0 Å². The third kappa shape index (κ3) is 3.28. The molecule has 4 nitrogen and oxygen atoms in total. The summed E-state index contributed by atoms with van der Waals surface area (Å²) in [6.45, 7) is 6.47. The van der Waals surface area contributed by atoms with E-state index in [1.165, 1.54) is 33.6 Å². The molecule has 0 N–H and O–H groups in total. The largest absolute Gasteiger partial charge is 0.291 e. The van der Waals surface area contributed by atoms with Crippen LogP contribution < -0.4 is 10.1 Å². The normalized spacial score (nSPS) is 12.8. The van der Waals surface area contributed by atoms with Crippen LogP contribution in [0.15, 0.2) is 53.3 Å². The molecule has 0 aliphatic heterocycles. The van der Waals surface area contributed by atoms with E-state index in [4.69, 9.17) is 0 Å². The molecule has 2 aromatic carbocycles. The molecule has 0 fully saturated rings. The molecule has 4 aromatic rings. The molecule has 27 heavy (non-hydrogen) atoms. The number of hydrogen-bond donors (Lipinski definition) is 0. The third-order valence-electron chi connectivity index (χ3n) is 4.38. The van der Waals surface area contributed by atoms with Crippen LogP contribution in [0.25, 0.3) is 22.4 Å². The van der Waals surface area contributed by atoms with Gasteiger partial charge in [-0.25, -0.2) is 4.39 Å². The first-order valence-corrected chi connectivity index (χ1v) is 9.41. The van der Waals surface area contributed by atoms with Crippen LogP contribution >= 0.6 is 11.3 Å². The number of aromatic nitrogens is 3. The van der Waals surface area contributed by atoms with Crippen molar-refractivity contribution in [2.24, 2.45) is 0 Å². The maximum atomic E-state index is 13.8. The van der Waals surface area contributed by atoms with Crippen LogP contribution in [0.1, 0.15) is 31.9 Å². The Bertz CT molecular complexity index is 1230. The molecule has 2 aromatic heterocycles. The maximum Gasteiger partial charge on any atom is 0.291 e. The van der Waals surface area contributed by atoms with E-state index in [9.17, 15) is 9.18 Å². The summed E-state index contributed by atoms with van der Waals surface area (Å²) in [7, 11) is 0. The zero-order valence-corrected chi connectivity index (χ0v) is 16.0. The second-order valence-corrected chi connectivity index (χ2v) is 8.40. The van der Waals surface area contributed by atoms with Crippen LogP contribution in [0.3, 0.4) is 0 Å². The first kappa shape index (κ1) is 17.5. The lowest BCUT2D eigenvalue weighted by atomic mass is 9.87. The number of hydrogen-bond acceptors (Lipinski definition) is 4. The Hall–Kier alpha value is -2.86. The molecule has 136 valence electrons. The molecule has 4 rings (SSSR count). The van der Waals surface area contributed by atoms with E-state index in [1.54, 1.807) is 18.2 Å². The molecular formula is C21H18FN3OS. The Kier molecular flexibility index (Phi) is 4.15. The molecule has 0 unspecified atom stereocenters. The Balaban J connectivity index is 1.75. The van der Waals surface area contributed by atoms with Crippen LogP contribution in [0.2, 0.25) is 0 Å². The molecule has 0 atom stereocenters. The van der Waals surface area contributed by atoms with Gasteiger partial charge in [0, 0.05) is 11.1 Å². The van der Waals surface area contributed by atoms with Crippen LogP contribution in [0.5, 0.6) is 0 Å². The summed E-state index contributed by atoms with van der Waals surface area (Å²) < 4.78 is 15.5. The summed E-state index contributed by atoms with van der Waals surface area (Å²) in [5.74, 6) is 0.145. The molecule has 0 amide bonds. The summed E-state index contributed by atoms with van der Waals surface area (Å²) in [4.78, 5) is 17.6. The van der Waals surface area contributed by atoms with Gasteiger partial charge in [0.2, 0.25) is 4.96 Å². The van der Waals surface area contributed by atoms with Gasteiger partial charge < -0.3 is 0 Å². The summed E-state index contributed by atoms with van der Waals surface area (Å²) in [5, 5.41) is 4.35. The van der Waals surface area contributed by atoms with Gasteiger partial charge in [0.25, 0.3) is 5.56 Å². The van der Waals surface area contributed by atoms with Gasteiger partial charge in [0.15, 0.2) is 5.82 Å². The van der Waals surface area contributed by atoms with E-state index >= 15 is 0 Å². The molecule has 0 saturated heterocycles. The first-order chi connectivity index (χ1) is 12.8. The van der Waals surface area contributed by atoms with Crippen molar-refractivity contribution in [1.29, 1.82) is 0 Å². The predicted octanol–water partition coefficient (Wildman–Crippen LogP) is 3.80. The topological polar surface area (TPSA) is 47.3 Å². The second kappa shape index (κ2) is 6.39. The Labute approximate surface area is 159 Å². The van der Waals surface area contributed by atoms with E-state index in [2.05, 4.69) is 43.0 Å². The predicted molar refractivity (Wildman–Crippen MR) is 106 cm³/mol. The minimum atomic E-state index is -0.365. The number of nitrogens with zero attached hydrogens (tertiary/aromatic N) is 3. The highest BCUT2D eigenvalue weighted by atomic mass is 32.1. The van der Waals surface area contributed by atoms with Gasteiger partial charge in [0.1, 0.15) is 5.82 Å². The van der Waals surface area contributed by atoms with Crippen molar-refractivity contribution in [3.8, 4) is 11.4 Å². The zero-order valence-electron chi connectivity index (χ0n) is 15.2. The number of halogens is 1. The van der Waals surface area contributed by atoms with E-state index in [0.29, 0.717) is 20.9 Å². The van der Waals surface area contributed by atoms with Gasteiger partial charge in [-0.1, -0.05) is 74.6 Å². The minimum Gasteiger partial charge on any atom is -0.266 e. The summed E-state index contributed by atoms with van der Waals surface area (Å²) in [6.07, 6.45) is 1.54. The van der Waals surface area contributed by atoms with Crippen molar-refractivity contribution in [1.82, 2.24) is 14.6 Å². The van der Waals surface area contributed by atoms with E-state index in [1.807, 2.05) is 12.1 Å². The van der Waals surface area contributed by atoms with E-state index < -0.39 is 0 Å². The van der Waals surface area contributed by atoms with Crippen LogP contribution in [0.4, 0.5) is 4.39 Å². The summed E-state index contributed by atoms with van der Waals surface area (Å²) in [5.41, 5.74) is 2.23. The van der Waals surface area contributed by atoms with E-state index in [-0.39, 0.29) is 16.8 Å². The molecule has 6 heteroatoms. The van der Waals surface area contributed by atoms with Crippen molar-refractivity contribution in [2.45, 2.75) is 26.2 Å². The van der Waals surface area contributed by atoms with Crippen molar-refractivity contribution in [3.63, 3.8) is 0 Å². The van der Waals surface area contributed by atoms with Crippen molar-refractivity contribution in [3.05, 3.63) is 80.4 Å². The van der Waals surface area contributed by atoms with Crippen LogP contribution in [-0.4, -0.2) is 14.6 Å². The monoisotopic (exact) mass is 379 g/mol. The van der Waals surface area contributed by atoms with Crippen molar-refractivity contribution >= 4 is 22.4 Å². The molecular weight excluding hydrogens is 361 g/mol. The fourth-order valence-electron chi connectivity index (χ4n) is 2.81. The van der Waals surface area contributed by atoms with Crippen molar-refractivity contribution in [2.75, 3.05) is 0 Å². The van der Waals surface area contributed by atoms with Gasteiger partial charge in [-0.15, -0.1) is 5.10 Å². The number of benzene rings is 2. The van der Waals surface area contributed by atoms with E-state index in [0.717, 1.165) is 5.56 Å². The lowest BCUT2D eigenvalue weighted by Crippen LogP contribution is -2.23. The summed E-state index contributed by atoms with van der Waals surface area (Å²) in [6, 6.07) is 14.4. The highest BCUT2D eigenvalue weighted by Gasteiger charge is 2.15. The van der Waals surface area contributed by atoms with Gasteiger partial charge in [-0.05, 0) is 23.1 Å². The second-order valence-electron chi connectivity index (χ2n) is 7.39. The molecule has 0 bridgehead atoms. The molecule has 2 heterocycles.